The van der Waals surface area contributed by atoms with Crippen LogP contribution in [-0.4, -0.2) is 392 Å². The van der Waals surface area contributed by atoms with Gasteiger partial charge in [0.25, 0.3) is 0 Å². The van der Waals surface area contributed by atoms with E-state index < -0.39 is 129 Å². The number of aliphatic hydroxyl groups excluding tert-OH is 8. The lowest BCUT2D eigenvalue weighted by molar-refractivity contribution is -0.272. The van der Waals surface area contributed by atoms with Gasteiger partial charge in [0.1, 0.15) is 60.4 Å². The first-order chi connectivity index (χ1) is 49.7. The molecule has 3 rings (SSSR count). The Kier molecular flexibility index (Phi) is 50.7. The van der Waals surface area contributed by atoms with Crippen molar-refractivity contribution in [2.24, 2.45) is 0 Å². The molecule has 3 heterocycles. The summed E-state index contributed by atoms with van der Waals surface area (Å²) in [4.78, 5) is 87.5. The van der Waals surface area contributed by atoms with Crippen LogP contribution in [0.2, 0.25) is 0 Å². The van der Waals surface area contributed by atoms with Gasteiger partial charge < -0.3 is 163 Å². The van der Waals surface area contributed by atoms with Crippen LogP contribution in [0.25, 0.3) is 0 Å². The largest absolute Gasteiger partial charge is 0.394 e. The number of nitrogens with one attached hydrogen (secondary N) is 7. The fourth-order valence-electron chi connectivity index (χ4n) is 10.0. The summed E-state index contributed by atoms with van der Waals surface area (Å²) in [7, 11) is 1.55. The second kappa shape index (κ2) is 56.5. The number of hydrogen-bond donors (Lipinski definition) is 15. The third kappa shape index (κ3) is 40.7. The lowest BCUT2D eigenvalue weighted by Crippen LogP contribution is -2.64. The first-order valence-corrected chi connectivity index (χ1v) is 34.5. The van der Waals surface area contributed by atoms with Gasteiger partial charge in [0.2, 0.25) is 41.4 Å². The minimum atomic E-state index is -1.46. The van der Waals surface area contributed by atoms with E-state index in [2.05, 4.69) is 37.2 Å². The van der Waals surface area contributed by atoms with E-state index in [1.54, 1.807) is 7.11 Å². The molecule has 7 amide bonds. The number of aliphatic hydroxyl groups is 8. The summed E-state index contributed by atoms with van der Waals surface area (Å²) >= 11 is 0. The van der Waals surface area contributed by atoms with E-state index in [-0.39, 0.29) is 234 Å². The molecule has 14 unspecified atom stereocenters. The van der Waals surface area contributed by atoms with E-state index in [0.717, 1.165) is 0 Å². The van der Waals surface area contributed by atoms with E-state index in [9.17, 15) is 74.4 Å². The average molecular weight is 1500 g/mol. The topological polar surface area (TPSA) is 532 Å². The zero-order chi connectivity index (χ0) is 75.5. The number of carbonyl (C=O) groups excluding carboxylic acids is 7. The van der Waals surface area contributed by atoms with Gasteiger partial charge in [-0.25, -0.2) is 0 Å². The fraction of sp³-hybridized carbons (Fsp3) is 0.889. The minimum absolute atomic E-state index is 0.0109. The van der Waals surface area contributed by atoms with Crippen LogP contribution in [0.5, 0.6) is 0 Å². The van der Waals surface area contributed by atoms with Crippen molar-refractivity contribution in [3.63, 3.8) is 0 Å². The first-order valence-electron chi connectivity index (χ1n) is 34.5. The Morgan fingerprint density at radius 2 is 0.680 bits per heavy atom. The second-order valence-electron chi connectivity index (χ2n) is 23.7. The maximum Gasteiger partial charge on any atom is 0.222 e. The van der Waals surface area contributed by atoms with Crippen LogP contribution in [0.3, 0.4) is 0 Å². The van der Waals surface area contributed by atoms with E-state index >= 15 is 0 Å². The van der Waals surface area contributed by atoms with Gasteiger partial charge in [-0.3, -0.25) is 33.6 Å². The molecule has 0 bridgehead atoms. The van der Waals surface area contributed by atoms with Crippen molar-refractivity contribution < 1.29 is 160 Å². The van der Waals surface area contributed by atoms with Crippen molar-refractivity contribution in [3.8, 4) is 0 Å². The predicted molar refractivity (Wildman–Crippen MR) is 352 cm³/mol. The van der Waals surface area contributed by atoms with Crippen molar-refractivity contribution in [1.82, 2.24) is 37.2 Å². The molecular weight excluding hydrogens is 1380 g/mol. The van der Waals surface area contributed by atoms with Crippen molar-refractivity contribution in [1.29, 1.82) is 0 Å². The first kappa shape index (κ1) is 92.5. The highest BCUT2D eigenvalue weighted by Gasteiger charge is 2.47. The Morgan fingerprint density at radius 1 is 0.369 bits per heavy atom. The zero-order valence-corrected chi connectivity index (χ0v) is 59.5. The Bertz CT molecular complexity index is 2210. The van der Waals surface area contributed by atoms with E-state index in [1.807, 2.05) is 0 Å². The molecule has 0 aromatic rings. The van der Waals surface area contributed by atoms with Gasteiger partial charge in [-0.2, -0.15) is 0 Å². The van der Waals surface area contributed by atoms with Crippen LogP contribution in [0.1, 0.15) is 52.9 Å². The summed E-state index contributed by atoms with van der Waals surface area (Å²) in [5.41, 5.74) is -1.44. The Balaban J connectivity index is 1.50. The highest BCUT2D eigenvalue weighted by atomic mass is 16.7. The Hall–Kier alpha value is -4.75. The third-order valence-corrected chi connectivity index (χ3v) is 15.2. The van der Waals surface area contributed by atoms with Crippen LogP contribution in [0, 0.1) is 0 Å². The van der Waals surface area contributed by atoms with E-state index in [4.69, 9.17) is 85.3 Å². The van der Waals surface area contributed by atoms with Gasteiger partial charge in [0.15, 0.2) is 18.9 Å². The number of rotatable bonds is 61. The molecular formula is C63H115N7O33. The molecule has 3 aliphatic rings. The molecule has 0 saturated carbocycles. The number of hydrogen-bond acceptors (Lipinski definition) is 33. The van der Waals surface area contributed by atoms with E-state index in [1.165, 1.54) is 20.8 Å². The molecule has 0 aliphatic carbocycles. The SMILES string of the molecule is COCCOCCOCCC(=O)NC(COCCC(=O)NCCOCCOCCOC1OC(CO)C(O)CC1NC(C)=O)(COCCC(=O)NCCOCCOCCOC1OC(CO)C(O)C(O)C1NC(C)=O)COCCC(=O)NCCOCCOCCOC1OC(CO)C(O)C(O)C1NC(C)=O. The molecule has 40 heteroatoms. The van der Waals surface area contributed by atoms with Crippen molar-refractivity contribution in [2.45, 2.75) is 144 Å². The summed E-state index contributed by atoms with van der Waals surface area (Å²) in [6, 6.07) is -2.82. The van der Waals surface area contributed by atoms with Crippen LogP contribution < -0.4 is 37.2 Å². The van der Waals surface area contributed by atoms with Crippen LogP contribution in [0.15, 0.2) is 0 Å². The molecule has 0 spiro atoms. The van der Waals surface area contributed by atoms with Gasteiger partial charge in [-0.05, 0) is 0 Å². The lowest BCUT2D eigenvalue weighted by Gasteiger charge is -2.42. The maximum absolute atomic E-state index is 13.7. The molecule has 15 N–H and O–H groups in total. The van der Waals surface area contributed by atoms with E-state index in [0.29, 0.717) is 13.2 Å². The molecule has 0 aromatic carbocycles. The van der Waals surface area contributed by atoms with Crippen LogP contribution in [-0.2, 0) is 119 Å². The molecule has 3 fully saturated rings. The molecule has 40 nitrogen and oxygen atoms in total. The number of amides is 7. The summed E-state index contributed by atoms with van der Waals surface area (Å²) in [6.45, 7) is 4.34. The van der Waals surface area contributed by atoms with Gasteiger partial charge >= 0.3 is 0 Å². The molecule has 0 radical (unpaired) electrons. The summed E-state index contributed by atoms with van der Waals surface area (Å²) in [6.07, 6.45) is -13.5. The highest BCUT2D eigenvalue weighted by molar-refractivity contribution is 5.78. The smallest absolute Gasteiger partial charge is 0.222 e. The van der Waals surface area contributed by atoms with Gasteiger partial charge in [0.05, 0.1) is 204 Å². The average Bonchev–Trinajstić information content (AvgIpc) is 0.830. The number of ether oxygens (including phenoxy) is 18. The number of methoxy groups -OCH3 is 1. The molecule has 0 aromatic heterocycles. The molecule has 600 valence electrons. The number of carbonyl (C=O) groups is 7. The monoisotopic (exact) mass is 1500 g/mol. The van der Waals surface area contributed by atoms with Gasteiger partial charge in [0, 0.05) is 79.6 Å². The molecule has 3 saturated heterocycles. The van der Waals surface area contributed by atoms with Crippen molar-refractivity contribution in [2.75, 3.05) is 218 Å². The third-order valence-electron chi connectivity index (χ3n) is 15.2. The quantitative estimate of drug-likeness (QED) is 0.0252. The minimum Gasteiger partial charge on any atom is -0.394 e. The Labute approximate surface area is 599 Å². The zero-order valence-electron chi connectivity index (χ0n) is 59.5. The molecule has 3 aliphatic heterocycles. The Morgan fingerprint density at radius 3 is 1.04 bits per heavy atom. The standard InChI is InChI=1S/C63H115N7O33/c1-42(74)67-45-35-46(77)47(36-71)101-60(45)98-32-29-92-26-22-88-16-9-64-50(78)5-13-95-39-63(70-53(81)8-12-87-21-25-91-20-19-86-4,40-96-14-6-51(79)65-10-17-89-23-27-93-30-33-99-61-54(68-43(2)75)58(84)56(82)48(37-72)102-61)41-97-15-7-52(80)66-11-18-90-24-28-94-31-34-100-62-55(69-44(3)76)59(85)57(83)49(38-73)103-62/h45-49,54-62,71-73,77,82-85H,5-41H2,1-4H3,(H,64,78)(H,65,79)(H,66,80)(H,67,74)(H,68,75)(H,69,76)(H,70,81). The van der Waals surface area contributed by atoms with Crippen molar-refractivity contribution >= 4 is 41.4 Å². The molecule has 103 heavy (non-hydrogen) atoms. The highest BCUT2D eigenvalue weighted by Crippen LogP contribution is 2.25. The normalized spacial score (nSPS) is 24.7. The summed E-state index contributed by atoms with van der Waals surface area (Å²) < 4.78 is 101. The van der Waals surface area contributed by atoms with Crippen LogP contribution in [0.4, 0.5) is 0 Å². The van der Waals surface area contributed by atoms with Crippen LogP contribution >= 0.6 is 0 Å². The maximum atomic E-state index is 13.7. The molecule has 14 atom stereocenters. The lowest BCUT2D eigenvalue weighted by atomic mass is 9.97. The fourth-order valence-corrected chi connectivity index (χ4v) is 10.0. The van der Waals surface area contributed by atoms with Gasteiger partial charge in [-0.15, -0.1) is 0 Å². The predicted octanol–water partition coefficient (Wildman–Crippen LogP) is -8.51. The summed E-state index contributed by atoms with van der Waals surface area (Å²) in [5.74, 6) is -2.95. The summed E-state index contributed by atoms with van der Waals surface area (Å²) in [5, 5.41) is 98.9. The van der Waals surface area contributed by atoms with Crippen molar-refractivity contribution in [3.05, 3.63) is 0 Å². The van der Waals surface area contributed by atoms with Gasteiger partial charge in [-0.1, -0.05) is 0 Å². The second-order valence-corrected chi connectivity index (χ2v) is 23.7.